The van der Waals surface area contributed by atoms with Crippen molar-refractivity contribution >= 4 is 91.3 Å². The third-order valence-corrected chi connectivity index (χ3v) is 14.0. The fraction of sp³-hybridized carbons (Fsp3) is 0.250. The molecule has 0 atom stereocenters. The van der Waals surface area contributed by atoms with E-state index < -0.39 is 10.1 Å². The van der Waals surface area contributed by atoms with Gasteiger partial charge in [0.1, 0.15) is 11.5 Å². The maximum absolute atomic E-state index is 12.0. The number of rotatable bonds is 12. The molecule has 2 aromatic carbocycles. The Hall–Kier alpha value is -3.59. The molecule has 0 fully saturated rings. The zero-order valence-electron chi connectivity index (χ0n) is 29.7. The molecule has 0 unspecified atom stereocenters. The van der Waals surface area contributed by atoms with E-state index in [1.807, 2.05) is 34.3 Å². The van der Waals surface area contributed by atoms with E-state index in [1.54, 1.807) is 40.3 Å². The van der Waals surface area contributed by atoms with Crippen LogP contribution in [0.5, 0.6) is 11.5 Å². The Morgan fingerprint density at radius 2 is 1.25 bits per heavy atom. The SMILES string of the molecule is O=S(=O)(O)c1cc2c(s1)-c1c(c(C=CCCCCCCC=Cc3nn(-c4ccc(Cl)cc4Cl)c4c3CCOc3ccsc3-4)nn1-c1ccc(Cl)cc1Cl)CCO2. The first-order chi connectivity index (χ1) is 27.1. The quantitative estimate of drug-likeness (QED) is 0.0963. The summed E-state index contributed by atoms with van der Waals surface area (Å²) < 4.78 is 49.3. The van der Waals surface area contributed by atoms with Gasteiger partial charge in [-0.25, -0.2) is 9.36 Å². The van der Waals surface area contributed by atoms with Crippen molar-refractivity contribution in [2.24, 2.45) is 0 Å². The second kappa shape index (κ2) is 16.7. The van der Waals surface area contributed by atoms with Crippen LogP contribution in [0.25, 0.3) is 44.7 Å². The molecule has 2 aliphatic heterocycles. The van der Waals surface area contributed by atoms with Gasteiger partial charge in [-0.05, 0) is 85.7 Å². The minimum atomic E-state index is -4.43. The number of unbranched alkanes of at least 4 members (excludes halogenated alkanes) is 5. The minimum absolute atomic E-state index is 0.199. The first kappa shape index (κ1) is 39.2. The molecule has 0 spiro atoms. The fourth-order valence-corrected chi connectivity index (χ4v) is 10.6. The van der Waals surface area contributed by atoms with Gasteiger partial charge in [0.2, 0.25) is 0 Å². The summed E-state index contributed by atoms with van der Waals surface area (Å²) in [5, 5.41) is 14.0. The Kier molecular flexibility index (Phi) is 11.7. The second-order valence-corrected chi connectivity index (χ2v) is 18.6. The van der Waals surface area contributed by atoms with Gasteiger partial charge in [-0.1, -0.05) is 71.4 Å². The van der Waals surface area contributed by atoms with Crippen LogP contribution in [0, 0.1) is 0 Å². The Morgan fingerprint density at radius 3 is 1.79 bits per heavy atom. The Bertz CT molecular complexity index is 2610. The zero-order chi connectivity index (χ0) is 39.0. The number of halogens is 4. The maximum Gasteiger partial charge on any atom is 0.304 e. The zero-order valence-corrected chi connectivity index (χ0v) is 35.2. The van der Waals surface area contributed by atoms with E-state index in [2.05, 4.69) is 18.2 Å². The topological polar surface area (TPSA) is 108 Å². The van der Waals surface area contributed by atoms with Crippen LogP contribution in [-0.2, 0) is 23.0 Å². The maximum atomic E-state index is 12.0. The van der Waals surface area contributed by atoms with Crippen LogP contribution in [-0.4, -0.2) is 45.7 Å². The van der Waals surface area contributed by atoms with Gasteiger partial charge in [0.25, 0.3) is 0 Å². The molecule has 6 heterocycles. The van der Waals surface area contributed by atoms with Crippen molar-refractivity contribution in [1.82, 2.24) is 19.6 Å². The van der Waals surface area contributed by atoms with Crippen LogP contribution in [0.4, 0.5) is 0 Å². The highest BCUT2D eigenvalue weighted by molar-refractivity contribution is 7.88. The molecule has 9 nitrogen and oxygen atoms in total. The lowest BCUT2D eigenvalue weighted by Gasteiger charge is -2.09. The van der Waals surface area contributed by atoms with Crippen molar-refractivity contribution in [1.29, 1.82) is 0 Å². The Balaban J connectivity index is 0.922. The van der Waals surface area contributed by atoms with Crippen molar-refractivity contribution in [2.75, 3.05) is 13.2 Å². The van der Waals surface area contributed by atoms with Gasteiger partial charge in [-0.2, -0.15) is 18.6 Å². The first-order valence-electron chi connectivity index (χ1n) is 18.0. The third kappa shape index (κ3) is 8.08. The number of thiophene rings is 2. The first-order valence-corrected chi connectivity index (χ1v) is 22.6. The number of nitrogens with zero attached hydrogens (tertiary/aromatic N) is 4. The lowest BCUT2D eigenvalue weighted by molar-refractivity contribution is 0.326. The van der Waals surface area contributed by atoms with Crippen LogP contribution < -0.4 is 9.47 Å². The lowest BCUT2D eigenvalue weighted by Crippen LogP contribution is -2.00. The van der Waals surface area contributed by atoms with Gasteiger partial charge in [0.15, 0.2) is 4.21 Å². The van der Waals surface area contributed by atoms with Crippen molar-refractivity contribution in [3.63, 3.8) is 0 Å². The molecule has 0 bridgehead atoms. The largest absolute Gasteiger partial charge is 0.492 e. The smallest absolute Gasteiger partial charge is 0.304 e. The Morgan fingerprint density at radius 1 is 0.714 bits per heavy atom. The molecule has 1 N–H and O–H groups in total. The number of benzene rings is 2. The molecule has 290 valence electrons. The highest BCUT2D eigenvalue weighted by Crippen LogP contribution is 2.46. The average molecular weight is 889 g/mol. The van der Waals surface area contributed by atoms with Gasteiger partial charge < -0.3 is 9.47 Å². The molecular weight excluding hydrogens is 854 g/mol. The number of hydrogen-bond acceptors (Lipinski definition) is 8. The summed E-state index contributed by atoms with van der Waals surface area (Å²) in [4.78, 5) is 1.59. The van der Waals surface area contributed by atoms with E-state index in [9.17, 15) is 13.0 Å². The van der Waals surface area contributed by atoms with Crippen molar-refractivity contribution < 1.29 is 22.4 Å². The number of hydrogen-bond donors (Lipinski definition) is 1. The fourth-order valence-electron chi connectivity index (χ4n) is 6.95. The Labute approximate surface area is 352 Å². The van der Waals surface area contributed by atoms with Crippen molar-refractivity contribution in [3.05, 3.63) is 109 Å². The highest BCUT2D eigenvalue weighted by atomic mass is 35.5. The van der Waals surface area contributed by atoms with Gasteiger partial charge in [-0.3, -0.25) is 4.55 Å². The van der Waals surface area contributed by atoms with Crippen molar-refractivity contribution in [3.8, 4) is 44.0 Å². The van der Waals surface area contributed by atoms with E-state index in [1.165, 1.54) is 6.07 Å². The van der Waals surface area contributed by atoms with E-state index in [0.29, 0.717) is 61.7 Å². The minimum Gasteiger partial charge on any atom is -0.492 e. The normalized spacial score (nSPS) is 13.9. The second-order valence-electron chi connectivity index (χ2n) is 13.3. The van der Waals surface area contributed by atoms with E-state index in [-0.39, 0.29) is 4.21 Å². The summed E-state index contributed by atoms with van der Waals surface area (Å²) in [5.74, 6) is 1.23. The monoisotopic (exact) mass is 886 g/mol. The van der Waals surface area contributed by atoms with Gasteiger partial charge >= 0.3 is 10.1 Å². The predicted octanol–water partition coefficient (Wildman–Crippen LogP) is 12.3. The summed E-state index contributed by atoms with van der Waals surface area (Å²) >= 11 is 28.3. The number of fused-ring (bicyclic) bond motifs is 6. The average Bonchev–Trinajstić information content (AvgIpc) is 3.90. The third-order valence-electron chi connectivity index (χ3n) is 9.56. The van der Waals surface area contributed by atoms with E-state index >= 15 is 0 Å². The summed E-state index contributed by atoms with van der Waals surface area (Å²) in [6.45, 7) is 0.900. The molecule has 0 radical (unpaired) electrons. The molecule has 0 aliphatic carbocycles. The van der Waals surface area contributed by atoms with Crippen molar-refractivity contribution in [2.45, 2.75) is 55.6 Å². The highest BCUT2D eigenvalue weighted by Gasteiger charge is 2.30. The van der Waals surface area contributed by atoms with Gasteiger partial charge in [0.05, 0.1) is 67.2 Å². The molecule has 4 aromatic heterocycles. The molecule has 16 heteroatoms. The standard InChI is InChI=1S/C40H34Cl4N4O5S3/c41-24-11-13-32(28(43)21-24)47-37-26(15-18-52-34-17-20-54-39(34)37)30(45-47)9-7-5-3-1-2-4-6-8-10-31-27-16-19-53-35-23-36(56(49,50)51)55-40(35)38(27)48(46-31)33-14-12-25(42)22-29(33)44/h7-14,17,20-23H,1-6,15-16,18-19H2,(H,49,50,51). The summed E-state index contributed by atoms with van der Waals surface area (Å²) in [6.07, 6.45) is 15.8. The molecule has 56 heavy (non-hydrogen) atoms. The van der Waals surface area contributed by atoms with Crippen LogP contribution >= 0.6 is 69.1 Å². The van der Waals surface area contributed by atoms with Crippen LogP contribution in [0.3, 0.4) is 0 Å². The molecule has 0 amide bonds. The molecule has 0 saturated carbocycles. The van der Waals surface area contributed by atoms with E-state index in [0.717, 1.165) is 101 Å². The molecular formula is C40H34Cl4N4O5S3. The molecule has 0 saturated heterocycles. The lowest BCUT2D eigenvalue weighted by atomic mass is 10.1. The van der Waals surface area contributed by atoms with Gasteiger partial charge in [0, 0.05) is 40.1 Å². The van der Waals surface area contributed by atoms with Crippen LogP contribution in [0.1, 0.15) is 61.0 Å². The van der Waals surface area contributed by atoms with E-state index in [4.69, 9.17) is 66.1 Å². The predicted molar refractivity (Wildman–Crippen MR) is 228 cm³/mol. The van der Waals surface area contributed by atoms with Gasteiger partial charge in [-0.15, -0.1) is 22.7 Å². The van der Waals surface area contributed by atoms with Crippen LogP contribution in [0.15, 0.2) is 70.3 Å². The number of ether oxygens (including phenoxy) is 2. The molecule has 8 rings (SSSR count). The molecule has 6 aromatic rings. The number of aromatic nitrogens is 4. The summed E-state index contributed by atoms with van der Waals surface area (Å²) in [7, 11) is -4.43. The summed E-state index contributed by atoms with van der Waals surface area (Å²) in [6, 6.07) is 14.0. The summed E-state index contributed by atoms with van der Waals surface area (Å²) in [5.41, 5.74) is 6.77. The van der Waals surface area contributed by atoms with Crippen LogP contribution in [0.2, 0.25) is 20.1 Å². The number of allylic oxidation sites excluding steroid dienone is 2. The molecule has 2 aliphatic rings.